The number of nitrogens with zero attached hydrogens (tertiary/aromatic N) is 1. The molecule has 2 aromatic carbocycles. The Kier molecular flexibility index (Phi) is 5.13. The summed E-state index contributed by atoms with van der Waals surface area (Å²) in [6.45, 7) is 1.14. The largest absolute Gasteiger partial charge is 0.348 e. The molecule has 24 heavy (non-hydrogen) atoms. The predicted octanol–water partition coefficient (Wildman–Crippen LogP) is 3.49. The molecular formula is C18H16FIN2O2. The summed E-state index contributed by atoms with van der Waals surface area (Å²) in [7, 11) is 0. The molecule has 0 bridgehead atoms. The number of nitrogens with one attached hydrogen (secondary N) is 1. The van der Waals surface area contributed by atoms with Crippen molar-refractivity contribution in [3.63, 3.8) is 0 Å². The van der Waals surface area contributed by atoms with Crippen molar-refractivity contribution in [2.75, 3.05) is 11.4 Å². The van der Waals surface area contributed by atoms with Crippen molar-refractivity contribution in [1.82, 2.24) is 5.32 Å². The minimum atomic E-state index is -0.358. The maximum absolute atomic E-state index is 13.1. The van der Waals surface area contributed by atoms with Crippen LogP contribution in [0.1, 0.15) is 28.8 Å². The van der Waals surface area contributed by atoms with E-state index in [0.29, 0.717) is 22.1 Å². The summed E-state index contributed by atoms with van der Waals surface area (Å²) in [6.07, 6.45) is 1.50. The number of halogens is 2. The summed E-state index contributed by atoms with van der Waals surface area (Å²) in [5.74, 6) is -0.442. The van der Waals surface area contributed by atoms with Crippen LogP contribution in [0, 0.1) is 9.39 Å². The lowest BCUT2D eigenvalue weighted by Gasteiger charge is -2.16. The average molecular weight is 438 g/mol. The van der Waals surface area contributed by atoms with Gasteiger partial charge in [-0.15, -0.1) is 0 Å². The molecule has 0 atom stereocenters. The number of hydrogen-bond acceptors (Lipinski definition) is 2. The molecule has 6 heteroatoms. The molecule has 0 aromatic heterocycles. The summed E-state index contributed by atoms with van der Waals surface area (Å²) >= 11 is 1.95. The van der Waals surface area contributed by atoms with Gasteiger partial charge in [-0.25, -0.2) is 4.39 Å². The van der Waals surface area contributed by atoms with Gasteiger partial charge in [0.25, 0.3) is 5.91 Å². The molecule has 1 N–H and O–H groups in total. The molecule has 0 spiro atoms. The fraction of sp³-hybridized carbons (Fsp3) is 0.222. The van der Waals surface area contributed by atoms with Gasteiger partial charge < -0.3 is 10.2 Å². The van der Waals surface area contributed by atoms with Crippen molar-refractivity contribution < 1.29 is 14.0 Å². The lowest BCUT2D eigenvalue weighted by molar-refractivity contribution is -0.117. The van der Waals surface area contributed by atoms with Gasteiger partial charge in [0.1, 0.15) is 5.82 Å². The summed E-state index contributed by atoms with van der Waals surface area (Å²) in [5, 5.41) is 2.83. The van der Waals surface area contributed by atoms with Crippen LogP contribution in [0.3, 0.4) is 0 Å². The Balaban J connectivity index is 1.62. The van der Waals surface area contributed by atoms with Gasteiger partial charge in [-0.2, -0.15) is 0 Å². The Morgan fingerprint density at radius 2 is 1.96 bits per heavy atom. The summed E-state index contributed by atoms with van der Waals surface area (Å²) in [5.41, 5.74) is 2.29. The monoisotopic (exact) mass is 438 g/mol. The van der Waals surface area contributed by atoms with E-state index in [2.05, 4.69) is 5.32 Å². The van der Waals surface area contributed by atoms with E-state index < -0.39 is 0 Å². The number of carbonyl (C=O) groups is 2. The molecule has 4 nitrogen and oxygen atoms in total. The number of amides is 2. The molecule has 2 amide bonds. The van der Waals surface area contributed by atoms with Crippen LogP contribution >= 0.6 is 22.6 Å². The quantitative estimate of drug-likeness (QED) is 0.744. The van der Waals surface area contributed by atoms with Gasteiger partial charge in [-0.1, -0.05) is 12.1 Å². The highest BCUT2D eigenvalue weighted by molar-refractivity contribution is 14.1. The van der Waals surface area contributed by atoms with Crippen LogP contribution in [0.5, 0.6) is 0 Å². The Morgan fingerprint density at radius 1 is 1.21 bits per heavy atom. The number of rotatable bonds is 4. The highest BCUT2D eigenvalue weighted by atomic mass is 127. The van der Waals surface area contributed by atoms with Gasteiger partial charge in [0, 0.05) is 28.8 Å². The van der Waals surface area contributed by atoms with Crippen molar-refractivity contribution >= 4 is 40.1 Å². The van der Waals surface area contributed by atoms with Crippen molar-refractivity contribution in [3.05, 3.63) is 63.0 Å². The van der Waals surface area contributed by atoms with Gasteiger partial charge in [0.2, 0.25) is 5.91 Å². The third-order valence-electron chi connectivity index (χ3n) is 3.95. The summed E-state index contributed by atoms with van der Waals surface area (Å²) in [4.78, 5) is 25.7. The third kappa shape index (κ3) is 3.75. The fourth-order valence-electron chi connectivity index (χ4n) is 2.67. The van der Waals surface area contributed by atoms with E-state index in [1.807, 2.05) is 46.9 Å². The van der Waals surface area contributed by atoms with Gasteiger partial charge in [0.05, 0.1) is 5.56 Å². The van der Waals surface area contributed by atoms with Gasteiger partial charge in [-0.3, -0.25) is 9.59 Å². The number of carbonyl (C=O) groups excluding carboxylic acids is 2. The Bertz CT molecular complexity index is 777. The molecule has 1 aliphatic heterocycles. The van der Waals surface area contributed by atoms with E-state index in [0.717, 1.165) is 24.2 Å². The highest BCUT2D eigenvalue weighted by Gasteiger charge is 2.21. The van der Waals surface area contributed by atoms with Crippen molar-refractivity contribution in [3.8, 4) is 0 Å². The highest BCUT2D eigenvalue weighted by Crippen LogP contribution is 2.21. The zero-order valence-electron chi connectivity index (χ0n) is 12.9. The van der Waals surface area contributed by atoms with Crippen LogP contribution in [-0.2, 0) is 11.3 Å². The first kappa shape index (κ1) is 16.9. The van der Waals surface area contributed by atoms with E-state index in [1.165, 1.54) is 18.2 Å². The second-order valence-corrected chi connectivity index (χ2v) is 6.78. The first-order chi connectivity index (χ1) is 11.5. The molecule has 0 unspecified atom stereocenters. The molecule has 124 valence electrons. The molecule has 1 aliphatic rings. The summed E-state index contributed by atoms with van der Waals surface area (Å²) < 4.78 is 13.7. The topological polar surface area (TPSA) is 49.4 Å². The standard InChI is InChI=1S/C18H16FIN2O2/c19-13-5-8-15(16(20)10-13)18(24)21-11-12-3-6-14(7-4-12)22-9-1-2-17(22)23/h3-8,10H,1-2,9,11H2,(H,21,24). The molecule has 2 aromatic rings. The van der Waals surface area contributed by atoms with E-state index in [-0.39, 0.29) is 17.6 Å². The smallest absolute Gasteiger partial charge is 0.252 e. The van der Waals surface area contributed by atoms with Gasteiger partial charge in [0.15, 0.2) is 0 Å². The maximum Gasteiger partial charge on any atom is 0.252 e. The van der Waals surface area contributed by atoms with Crippen molar-refractivity contribution in [2.45, 2.75) is 19.4 Å². The van der Waals surface area contributed by atoms with Gasteiger partial charge in [-0.05, 0) is 64.9 Å². The van der Waals surface area contributed by atoms with E-state index in [4.69, 9.17) is 0 Å². The average Bonchev–Trinajstić information content (AvgIpc) is 2.99. The second kappa shape index (κ2) is 7.29. The molecule has 0 radical (unpaired) electrons. The Hall–Kier alpha value is -1.96. The number of anilines is 1. The van der Waals surface area contributed by atoms with Crippen molar-refractivity contribution in [2.24, 2.45) is 0 Å². The number of benzene rings is 2. The lowest BCUT2D eigenvalue weighted by atomic mass is 10.1. The minimum absolute atomic E-state index is 0.155. The van der Waals surface area contributed by atoms with Crippen LogP contribution in [0.4, 0.5) is 10.1 Å². The lowest BCUT2D eigenvalue weighted by Crippen LogP contribution is -2.24. The van der Waals surface area contributed by atoms with Crippen LogP contribution in [0.25, 0.3) is 0 Å². The Morgan fingerprint density at radius 3 is 2.58 bits per heavy atom. The molecule has 0 saturated carbocycles. The summed E-state index contributed by atoms with van der Waals surface area (Å²) in [6, 6.07) is 11.7. The van der Waals surface area contributed by atoms with Crippen LogP contribution in [0.15, 0.2) is 42.5 Å². The van der Waals surface area contributed by atoms with E-state index in [9.17, 15) is 14.0 Å². The molecule has 0 aliphatic carbocycles. The second-order valence-electron chi connectivity index (χ2n) is 5.62. The first-order valence-corrected chi connectivity index (χ1v) is 8.75. The molecule has 1 heterocycles. The van der Waals surface area contributed by atoms with Gasteiger partial charge >= 0.3 is 0 Å². The van der Waals surface area contributed by atoms with Crippen LogP contribution in [0.2, 0.25) is 0 Å². The zero-order valence-corrected chi connectivity index (χ0v) is 15.0. The normalized spacial score (nSPS) is 14.1. The fourth-order valence-corrected chi connectivity index (χ4v) is 3.39. The van der Waals surface area contributed by atoms with E-state index >= 15 is 0 Å². The zero-order chi connectivity index (χ0) is 17.1. The first-order valence-electron chi connectivity index (χ1n) is 7.67. The molecular weight excluding hydrogens is 422 g/mol. The molecule has 1 saturated heterocycles. The maximum atomic E-state index is 13.1. The molecule has 1 fully saturated rings. The third-order valence-corrected chi connectivity index (χ3v) is 4.84. The predicted molar refractivity (Wildman–Crippen MR) is 98.3 cm³/mol. The van der Waals surface area contributed by atoms with Crippen LogP contribution < -0.4 is 10.2 Å². The van der Waals surface area contributed by atoms with E-state index in [1.54, 1.807) is 4.90 Å². The minimum Gasteiger partial charge on any atom is -0.348 e. The molecule has 3 rings (SSSR count). The van der Waals surface area contributed by atoms with Crippen LogP contribution in [-0.4, -0.2) is 18.4 Å². The SMILES string of the molecule is O=C(NCc1ccc(N2CCCC2=O)cc1)c1ccc(F)cc1I. The Labute approximate surface area is 153 Å². The number of hydrogen-bond donors (Lipinski definition) is 1. The van der Waals surface area contributed by atoms with Crippen molar-refractivity contribution in [1.29, 1.82) is 0 Å².